The van der Waals surface area contributed by atoms with E-state index >= 15 is 0 Å². The highest BCUT2D eigenvalue weighted by molar-refractivity contribution is 6.01. The van der Waals surface area contributed by atoms with Crippen LogP contribution in [0, 0.1) is 0 Å². The summed E-state index contributed by atoms with van der Waals surface area (Å²) in [6, 6.07) is 3.30. The zero-order valence-corrected chi connectivity index (χ0v) is 8.94. The van der Waals surface area contributed by atoms with Gasteiger partial charge in [0.15, 0.2) is 5.43 Å². The molecule has 1 saturated carbocycles. The molecule has 2 aromatic rings. The molecule has 0 heterocycles. The summed E-state index contributed by atoms with van der Waals surface area (Å²) < 4.78 is 0. The molecule has 1 aliphatic carbocycles. The summed E-state index contributed by atoms with van der Waals surface area (Å²) in [6.07, 6.45) is 3.04. The molecule has 0 aromatic heterocycles. The van der Waals surface area contributed by atoms with Crippen LogP contribution in [-0.4, -0.2) is 16.3 Å². The highest BCUT2D eigenvalue weighted by Gasteiger charge is 2.28. The predicted octanol–water partition coefficient (Wildman–Crippen LogP) is 1.80. The molecule has 3 rings (SSSR count). The number of phenolic OH excluding ortho intramolecular Hbond substituents is 1. The van der Waals surface area contributed by atoms with Gasteiger partial charge in [0, 0.05) is 16.3 Å². The Hall–Kier alpha value is -1.35. The highest BCUT2D eigenvalue weighted by atomic mass is 16.3. The highest BCUT2D eigenvalue weighted by Crippen LogP contribution is 2.41. The third kappa shape index (κ3) is 1.35. The number of rotatable bonds is 1. The van der Waals surface area contributed by atoms with E-state index in [4.69, 9.17) is 0 Å². The molecule has 2 aromatic carbocycles. The third-order valence-corrected chi connectivity index (χ3v) is 3.74. The minimum atomic E-state index is -0.207. The van der Waals surface area contributed by atoms with Crippen molar-refractivity contribution in [2.24, 2.45) is 0 Å². The molecular formula is C13H14O3. The SMILES string of the molecule is O=c1c2ccc(O)c(C3CCC(O)CC3)c12. The number of fused-ring (bicyclic) bond motifs is 1. The number of benzene rings is 1. The van der Waals surface area contributed by atoms with Gasteiger partial charge in [0.1, 0.15) is 5.75 Å². The maximum absolute atomic E-state index is 11.5. The van der Waals surface area contributed by atoms with Gasteiger partial charge in [0.05, 0.1) is 6.10 Å². The van der Waals surface area contributed by atoms with Crippen molar-refractivity contribution in [3.8, 4) is 5.75 Å². The number of phenols is 1. The van der Waals surface area contributed by atoms with Crippen LogP contribution in [0.5, 0.6) is 5.75 Å². The maximum atomic E-state index is 11.5. The second-order valence-electron chi connectivity index (χ2n) is 4.76. The van der Waals surface area contributed by atoms with Crippen LogP contribution < -0.4 is 5.43 Å². The van der Waals surface area contributed by atoms with Gasteiger partial charge in [-0.15, -0.1) is 0 Å². The van der Waals surface area contributed by atoms with E-state index in [1.807, 2.05) is 0 Å². The Morgan fingerprint density at radius 1 is 1.12 bits per heavy atom. The fraction of sp³-hybridized carbons (Fsp3) is 0.462. The molecule has 84 valence electrons. The lowest BCUT2D eigenvalue weighted by Gasteiger charge is -2.25. The molecule has 0 spiro atoms. The summed E-state index contributed by atoms with van der Waals surface area (Å²) >= 11 is 0. The van der Waals surface area contributed by atoms with Gasteiger partial charge in [0.25, 0.3) is 0 Å². The summed E-state index contributed by atoms with van der Waals surface area (Å²) in [5, 5.41) is 20.8. The number of aliphatic hydroxyl groups excluding tert-OH is 1. The van der Waals surface area contributed by atoms with E-state index in [9.17, 15) is 15.0 Å². The first-order valence-electron chi connectivity index (χ1n) is 5.77. The van der Waals surface area contributed by atoms with Crippen LogP contribution in [0.4, 0.5) is 0 Å². The summed E-state index contributed by atoms with van der Waals surface area (Å²) in [5.41, 5.74) is 0.913. The molecule has 1 fully saturated rings. The molecule has 3 heteroatoms. The lowest BCUT2D eigenvalue weighted by molar-refractivity contribution is 0.122. The fourth-order valence-electron chi connectivity index (χ4n) is 2.77. The van der Waals surface area contributed by atoms with Crippen molar-refractivity contribution < 1.29 is 10.2 Å². The van der Waals surface area contributed by atoms with Crippen molar-refractivity contribution in [3.05, 3.63) is 27.9 Å². The molecule has 2 N–H and O–H groups in total. The van der Waals surface area contributed by atoms with Crippen LogP contribution in [0.15, 0.2) is 16.9 Å². The average molecular weight is 218 g/mol. The molecule has 0 unspecified atom stereocenters. The summed E-state index contributed by atoms with van der Waals surface area (Å²) in [4.78, 5) is 11.5. The van der Waals surface area contributed by atoms with E-state index in [2.05, 4.69) is 0 Å². The van der Waals surface area contributed by atoms with E-state index < -0.39 is 0 Å². The summed E-state index contributed by atoms with van der Waals surface area (Å²) in [6.45, 7) is 0. The molecule has 1 aliphatic rings. The van der Waals surface area contributed by atoms with Crippen molar-refractivity contribution in [2.75, 3.05) is 0 Å². The van der Waals surface area contributed by atoms with Crippen LogP contribution in [-0.2, 0) is 0 Å². The summed E-state index contributed by atoms with van der Waals surface area (Å²) in [5.74, 6) is 0.482. The first kappa shape index (κ1) is 9.85. The smallest absolute Gasteiger partial charge is 0.194 e. The van der Waals surface area contributed by atoms with Gasteiger partial charge in [-0.3, -0.25) is 4.79 Å². The van der Waals surface area contributed by atoms with Gasteiger partial charge in [-0.2, -0.15) is 0 Å². The monoisotopic (exact) mass is 218 g/mol. The van der Waals surface area contributed by atoms with E-state index in [0.717, 1.165) is 42.0 Å². The Bertz CT molecular complexity index is 540. The van der Waals surface area contributed by atoms with Gasteiger partial charge in [0.2, 0.25) is 0 Å². The first-order valence-corrected chi connectivity index (χ1v) is 5.77. The van der Waals surface area contributed by atoms with E-state index in [1.165, 1.54) is 0 Å². The molecule has 0 radical (unpaired) electrons. The van der Waals surface area contributed by atoms with Crippen LogP contribution in [0.25, 0.3) is 10.8 Å². The third-order valence-electron chi connectivity index (χ3n) is 3.74. The predicted molar refractivity (Wildman–Crippen MR) is 61.5 cm³/mol. The number of aliphatic hydroxyl groups is 1. The van der Waals surface area contributed by atoms with Crippen molar-refractivity contribution in [1.82, 2.24) is 0 Å². The Morgan fingerprint density at radius 3 is 2.50 bits per heavy atom. The lowest BCUT2D eigenvalue weighted by atomic mass is 9.82. The van der Waals surface area contributed by atoms with Gasteiger partial charge >= 0.3 is 0 Å². The zero-order chi connectivity index (χ0) is 11.3. The number of hydrogen-bond donors (Lipinski definition) is 2. The number of aromatic hydroxyl groups is 1. The quantitative estimate of drug-likeness (QED) is 0.767. The molecule has 3 nitrogen and oxygen atoms in total. The van der Waals surface area contributed by atoms with Crippen molar-refractivity contribution in [3.63, 3.8) is 0 Å². The van der Waals surface area contributed by atoms with Crippen LogP contribution in [0.3, 0.4) is 0 Å². The Morgan fingerprint density at radius 2 is 1.81 bits per heavy atom. The van der Waals surface area contributed by atoms with Gasteiger partial charge in [-0.25, -0.2) is 0 Å². The number of hydrogen-bond acceptors (Lipinski definition) is 3. The Balaban J connectivity index is 1.99. The van der Waals surface area contributed by atoms with Gasteiger partial charge in [-0.05, 0) is 43.7 Å². The van der Waals surface area contributed by atoms with Crippen molar-refractivity contribution in [2.45, 2.75) is 37.7 Å². The first-order chi connectivity index (χ1) is 7.68. The second-order valence-corrected chi connectivity index (χ2v) is 4.76. The average Bonchev–Trinajstić information content (AvgIpc) is 2.92. The van der Waals surface area contributed by atoms with Crippen LogP contribution >= 0.6 is 0 Å². The van der Waals surface area contributed by atoms with Gasteiger partial charge in [-0.1, -0.05) is 0 Å². The standard InChI is InChI=1S/C13H14O3/c14-8-3-1-7(2-4-8)11-10(15)6-5-9-12(11)13(9)16/h5-8,14-15H,1-4H2. The Kier molecular flexibility index (Phi) is 2.04. The zero-order valence-electron chi connectivity index (χ0n) is 8.94. The normalized spacial score (nSPS) is 26.6. The van der Waals surface area contributed by atoms with E-state index in [-0.39, 0.29) is 23.2 Å². The largest absolute Gasteiger partial charge is 0.508 e. The van der Waals surface area contributed by atoms with Crippen LogP contribution in [0.2, 0.25) is 0 Å². The topological polar surface area (TPSA) is 57.5 Å². The minimum absolute atomic E-state index is 0.0846. The van der Waals surface area contributed by atoms with Crippen molar-refractivity contribution in [1.29, 1.82) is 0 Å². The molecular weight excluding hydrogens is 204 g/mol. The fourth-order valence-corrected chi connectivity index (χ4v) is 2.77. The second kappa shape index (κ2) is 3.32. The van der Waals surface area contributed by atoms with E-state index in [0.29, 0.717) is 0 Å². The molecule has 0 amide bonds. The van der Waals surface area contributed by atoms with Crippen LogP contribution in [0.1, 0.15) is 37.2 Å². The molecule has 0 saturated heterocycles. The molecule has 0 atom stereocenters. The maximum Gasteiger partial charge on any atom is 0.194 e. The van der Waals surface area contributed by atoms with E-state index in [1.54, 1.807) is 12.1 Å². The molecule has 16 heavy (non-hydrogen) atoms. The molecule has 0 bridgehead atoms. The lowest BCUT2D eigenvalue weighted by Crippen LogP contribution is -2.17. The Labute approximate surface area is 93.0 Å². The molecule has 0 aliphatic heterocycles. The van der Waals surface area contributed by atoms with Gasteiger partial charge < -0.3 is 10.2 Å². The van der Waals surface area contributed by atoms with Crippen molar-refractivity contribution >= 4 is 10.8 Å². The minimum Gasteiger partial charge on any atom is -0.508 e. The summed E-state index contributed by atoms with van der Waals surface area (Å²) in [7, 11) is 0.